The first-order chi connectivity index (χ1) is 6.25. The van der Waals surface area contributed by atoms with Gasteiger partial charge in [0.15, 0.2) is 5.22 Å². The fourth-order valence-electron chi connectivity index (χ4n) is 1.64. The number of furan rings is 1. The Hall–Kier alpha value is -0.510. The molecule has 2 N–H and O–H groups in total. The molecule has 0 aliphatic carbocycles. The Morgan fingerprint density at radius 1 is 1.62 bits per heavy atom. The molecular formula is C9H12ClNO2. The van der Waals surface area contributed by atoms with Crippen LogP contribution in [0.25, 0.3) is 0 Å². The second-order valence-corrected chi connectivity index (χ2v) is 3.70. The van der Waals surface area contributed by atoms with E-state index in [2.05, 4.69) is 5.32 Å². The lowest BCUT2D eigenvalue weighted by molar-refractivity contribution is 0.156. The first-order valence-electron chi connectivity index (χ1n) is 4.41. The summed E-state index contributed by atoms with van der Waals surface area (Å²) in [6.07, 6.45) is 1.26. The van der Waals surface area contributed by atoms with E-state index in [0.717, 1.165) is 18.7 Å². The Labute approximate surface area is 81.7 Å². The van der Waals surface area contributed by atoms with Crippen LogP contribution in [0.4, 0.5) is 0 Å². The van der Waals surface area contributed by atoms with Crippen LogP contribution in [0.1, 0.15) is 12.2 Å². The van der Waals surface area contributed by atoms with Crippen LogP contribution in [-0.4, -0.2) is 23.8 Å². The van der Waals surface area contributed by atoms with Gasteiger partial charge in [-0.25, -0.2) is 0 Å². The summed E-state index contributed by atoms with van der Waals surface area (Å²) >= 11 is 5.63. The molecule has 0 amide bonds. The van der Waals surface area contributed by atoms with Crippen molar-refractivity contribution in [3.63, 3.8) is 0 Å². The molecule has 2 rings (SSSR count). The minimum absolute atomic E-state index is 0.113. The van der Waals surface area contributed by atoms with Gasteiger partial charge in [0.05, 0.1) is 6.10 Å². The number of aliphatic hydroxyl groups excluding tert-OH is 1. The first kappa shape index (κ1) is 9.06. The lowest BCUT2D eigenvalue weighted by Gasteiger charge is -2.12. The van der Waals surface area contributed by atoms with Gasteiger partial charge in [-0.3, -0.25) is 0 Å². The Morgan fingerprint density at radius 3 is 3.00 bits per heavy atom. The molecule has 1 saturated heterocycles. The van der Waals surface area contributed by atoms with Gasteiger partial charge in [-0.2, -0.15) is 0 Å². The Morgan fingerprint density at radius 2 is 2.46 bits per heavy atom. The predicted molar refractivity (Wildman–Crippen MR) is 49.8 cm³/mol. The molecule has 1 aromatic rings. The zero-order valence-corrected chi connectivity index (χ0v) is 7.92. The third kappa shape index (κ3) is 2.05. The topological polar surface area (TPSA) is 45.4 Å². The van der Waals surface area contributed by atoms with Gasteiger partial charge in [0, 0.05) is 12.5 Å². The largest absolute Gasteiger partial charge is 0.450 e. The van der Waals surface area contributed by atoms with Gasteiger partial charge in [0.25, 0.3) is 0 Å². The third-order valence-electron chi connectivity index (χ3n) is 2.36. The highest BCUT2D eigenvalue weighted by Crippen LogP contribution is 2.17. The molecule has 13 heavy (non-hydrogen) atoms. The maximum absolute atomic E-state index is 9.52. The summed E-state index contributed by atoms with van der Waals surface area (Å²) < 4.78 is 5.21. The average molecular weight is 202 g/mol. The van der Waals surface area contributed by atoms with E-state index in [1.54, 1.807) is 6.07 Å². The molecule has 0 radical (unpaired) electrons. The minimum atomic E-state index is -0.260. The molecule has 0 aromatic carbocycles. The number of halogens is 1. The van der Waals surface area contributed by atoms with Gasteiger partial charge in [-0.05, 0) is 36.7 Å². The lowest BCUT2D eigenvalue weighted by Crippen LogP contribution is -2.32. The molecule has 1 aromatic heterocycles. The standard InChI is InChI=1S/C9H12ClNO2/c10-9-2-1-6(13-9)5-7-8(12)3-4-11-7/h1-2,7-8,11-12H,3-5H2. The van der Waals surface area contributed by atoms with Crippen LogP contribution in [0.2, 0.25) is 5.22 Å². The third-order valence-corrected chi connectivity index (χ3v) is 2.56. The van der Waals surface area contributed by atoms with Crippen LogP contribution >= 0.6 is 11.6 Å². The molecule has 1 aliphatic rings. The van der Waals surface area contributed by atoms with Crippen LogP contribution in [0.5, 0.6) is 0 Å². The molecule has 0 saturated carbocycles. The second-order valence-electron chi connectivity index (χ2n) is 3.33. The van der Waals surface area contributed by atoms with E-state index in [1.165, 1.54) is 0 Å². The fourth-order valence-corrected chi connectivity index (χ4v) is 1.80. The summed E-state index contributed by atoms with van der Waals surface area (Å²) in [4.78, 5) is 0. The van der Waals surface area contributed by atoms with Crippen LogP contribution in [0, 0.1) is 0 Å². The minimum Gasteiger partial charge on any atom is -0.450 e. The van der Waals surface area contributed by atoms with Crippen molar-refractivity contribution in [1.29, 1.82) is 0 Å². The van der Waals surface area contributed by atoms with Crippen molar-refractivity contribution in [3.8, 4) is 0 Å². The molecular weight excluding hydrogens is 190 g/mol. The van der Waals surface area contributed by atoms with Gasteiger partial charge in [-0.15, -0.1) is 0 Å². The monoisotopic (exact) mass is 201 g/mol. The first-order valence-corrected chi connectivity index (χ1v) is 4.79. The molecule has 1 aliphatic heterocycles. The molecule has 72 valence electrons. The van der Waals surface area contributed by atoms with E-state index < -0.39 is 0 Å². The highest BCUT2D eigenvalue weighted by atomic mass is 35.5. The van der Waals surface area contributed by atoms with E-state index in [1.807, 2.05) is 6.07 Å². The Bertz CT molecular complexity index is 287. The smallest absolute Gasteiger partial charge is 0.193 e. The summed E-state index contributed by atoms with van der Waals surface area (Å²) in [6, 6.07) is 3.68. The van der Waals surface area contributed by atoms with Crippen molar-refractivity contribution in [2.75, 3.05) is 6.54 Å². The summed E-state index contributed by atoms with van der Waals surface area (Å²) in [6.45, 7) is 0.875. The molecule has 2 atom stereocenters. The van der Waals surface area contributed by atoms with E-state index in [4.69, 9.17) is 16.0 Å². The molecule has 3 nitrogen and oxygen atoms in total. The molecule has 2 unspecified atom stereocenters. The molecule has 0 bridgehead atoms. The highest BCUT2D eigenvalue weighted by Gasteiger charge is 2.25. The maximum Gasteiger partial charge on any atom is 0.193 e. The van der Waals surface area contributed by atoms with Gasteiger partial charge in [-0.1, -0.05) is 0 Å². The van der Waals surface area contributed by atoms with E-state index in [-0.39, 0.29) is 12.1 Å². The van der Waals surface area contributed by atoms with Crippen molar-refractivity contribution in [2.45, 2.75) is 25.0 Å². The molecule has 0 spiro atoms. The fraction of sp³-hybridized carbons (Fsp3) is 0.556. The number of hydrogen-bond acceptors (Lipinski definition) is 3. The molecule has 4 heteroatoms. The van der Waals surface area contributed by atoms with Gasteiger partial charge in [0.2, 0.25) is 0 Å². The second kappa shape index (κ2) is 3.70. The zero-order valence-electron chi connectivity index (χ0n) is 7.16. The SMILES string of the molecule is OC1CCNC1Cc1ccc(Cl)o1. The van der Waals surface area contributed by atoms with Crippen LogP contribution in [-0.2, 0) is 6.42 Å². The number of rotatable bonds is 2. The van der Waals surface area contributed by atoms with Crippen molar-refractivity contribution in [3.05, 3.63) is 23.1 Å². The van der Waals surface area contributed by atoms with Gasteiger partial charge in [0.1, 0.15) is 5.76 Å². The van der Waals surface area contributed by atoms with E-state index in [9.17, 15) is 5.11 Å². The maximum atomic E-state index is 9.52. The Balaban J connectivity index is 1.97. The van der Waals surface area contributed by atoms with E-state index >= 15 is 0 Å². The van der Waals surface area contributed by atoms with Crippen molar-refractivity contribution >= 4 is 11.6 Å². The quantitative estimate of drug-likeness (QED) is 0.756. The highest BCUT2D eigenvalue weighted by molar-refractivity contribution is 6.28. The van der Waals surface area contributed by atoms with Gasteiger partial charge >= 0.3 is 0 Å². The van der Waals surface area contributed by atoms with Crippen molar-refractivity contribution < 1.29 is 9.52 Å². The number of hydrogen-bond donors (Lipinski definition) is 2. The van der Waals surface area contributed by atoms with Gasteiger partial charge < -0.3 is 14.8 Å². The summed E-state index contributed by atoms with van der Waals surface area (Å²) in [5, 5.41) is 13.1. The summed E-state index contributed by atoms with van der Waals surface area (Å²) in [5.74, 6) is 0.823. The molecule has 1 fully saturated rings. The summed E-state index contributed by atoms with van der Waals surface area (Å²) in [5.41, 5.74) is 0. The number of nitrogens with one attached hydrogen (secondary N) is 1. The summed E-state index contributed by atoms with van der Waals surface area (Å²) in [7, 11) is 0. The Kier molecular flexibility index (Phi) is 2.58. The van der Waals surface area contributed by atoms with Crippen LogP contribution in [0.3, 0.4) is 0 Å². The van der Waals surface area contributed by atoms with E-state index in [0.29, 0.717) is 11.6 Å². The zero-order chi connectivity index (χ0) is 9.26. The number of aliphatic hydroxyl groups is 1. The van der Waals surface area contributed by atoms with Crippen molar-refractivity contribution in [2.24, 2.45) is 0 Å². The van der Waals surface area contributed by atoms with Crippen LogP contribution in [0.15, 0.2) is 16.5 Å². The average Bonchev–Trinajstić information content (AvgIpc) is 2.64. The van der Waals surface area contributed by atoms with Crippen molar-refractivity contribution in [1.82, 2.24) is 5.32 Å². The van der Waals surface area contributed by atoms with Crippen LogP contribution < -0.4 is 5.32 Å². The lowest BCUT2D eigenvalue weighted by atomic mass is 10.1. The normalized spacial score (nSPS) is 28.2. The predicted octanol–water partition coefficient (Wildman–Crippen LogP) is 1.20. The molecule has 2 heterocycles.